The van der Waals surface area contributed by atoms with E-state index in [0.717, 1.165) is 6.92 Å². The number of thioether (sulfide) groups is 1. The average molecular weight is 216 g/mol. The molecule has 0 saturated carbocycles. The van der Waals surface area contributed by atoms with Crippen LogP contribution in [-0.4, -0.2) is 30.3 Å². The molecule has 2 nitrogen and oxygen atoms in total. The molecule has 0 fully saturated rings. The van der Waals surface area contributed by atoms with Crippen molar-refractivity contribution >= 4 is 17.7 Å². The summed E-state index contributed by atoms with van der Waals surface area (Å²) in [6, 6.07) is 0. The molecule has 0 aromatic rings. The van der Waals surface area contributed by atoms with E-state index in [1.54, 1.807) is 0 Å². The Hall–Kier alpha value is -0.390. The average Bonchev–Trinajstić information content (AvgIpc) is 2.02. The monoisotopic (exact) mass is 216 g/mol. The zero-order chi connectivity index (χ0) is 10.5. The Labute approximate surface area is 78.8 Å². The van der Waals surface area contributed by atoms with E-state index in [1.807, 2.05) is 0 Å². The van der Waals surface area contributed by atoms with Gasteiger partial charge in [-0.05, 0) is 6.92 Å². The summed E-state index contributed by atoms with van der Waals surface area (Å²) in [7, 11) is 1.21. The summed E-state index contributed by atoms with van der Waals surface area (Å²) in [5.74, 6) is -0.352. The summed E-state index contributed by atoms with van der Waals surface area (Å²) in [5, 5.41) is -1.43. The first-order chi connectivity index (χ1) is 5.88. The minimum absolute atomic E-state index is 0.0155. The van der Waals surface area contributed by atoms with Gasteiger partial charge in [-0.1, -0.05) is 0 Å². The maximum absolute atomic E-state index is 11.9. The third-order valence-corrected chi connectivity index (χ3v) is 2.57. The topological polar surface area (TPSA) is 26.3 Å². The number of halogens is 3. The Morgan fingerprint density at radius 2 is 2.08 bits per heavy atom. The number of ether oxygens (including phenoxy) is 1. The van der Waals surface area contributed by atoms with Gasteiger partial charge in [0.2, 0.25) is 0 Å². The van der Waals surface area contributed by atoms with Crippen molar-refractivity contribution in [3.05, 3.63) is 0 Å². The Bertz CT molecular complexity index is 170. The van der Waals surface area contributed by atoms with Gasteiger partial charge in [0, 0.05) is 5.75 Å². The van der Waals surface area contributed by atoms with Crippen LogP contribution < -0.4 is 0 Å². The minimum Gasteiger partial charge on any atom is -0.469 e. The normalized spacial score (nSPS) is 13.9. The molecule has 0 radical (unpaired) electrons. The van der Waals surface area contributed by atoms with E-state index in [-0.39, 0.29) is 12.2 Å². The van der Waals surface area contributed by atoms with Gasteiger partial charge in [0.25, 0.3) is 0 Å². The lowest BCUT2D eigenvalue weighted by molar-refractivity contribution is -0.140. The van der Waals surface area contributed by atoms with Gasteiger partial charge < -0.3 is 4.74 Å². The number of esters is 1. The molecule has 0 aliphatic carbocycles. The summed E-state index contributed by atoms with van der Waals surface area (Å²) < 4.78 is 40.0. The number of methoxy groups -OCH3 is 1. The number of hydrogen-bond acceptors (Lipinski definition) is 3. The lowest BCUT2D eigenvalue weighted by Crippen LogP contribution is -2.22. The van der Waals surface area contributed by atoms with E-state index in [0.29, 0.717) is 11.8 Å². The summed E-state index contributed by atoms with van der Waals surface area (Å²) in [5.41, 5.74) is 0. The first-order valence-electron chi connectivity index (χ1n) is 3.63. The molecule has 0 saturated heterocycles. The molecule has 0 aliphatic rings. The molecule has 78 valence electrons. The predicted octanol–water partition coefficient (Wildman–Crippen LogP) is 2.23. The zero-order valence-corrected chi connectivity index (χ0v) is 8.17. The molecule has 6 heteroatoms. The summed E-state index contributed by atoms with van der Waals surface area (Å²) >= 11 is 0.701. The van der Waals surface area contributed by atoms with Crippen molar-refractivity contribution in [2.75, 3.05) is 12.9 Å². The first-order valence-corrected chi connectivity index (χ1v) is 4.68. The van der Waals surface area contributed by atoms with Crippen LogP contribution in [0.1, 0.15) is 13.3 Å². The van der Waals surface area contributed by atoms with Crippen molar-refractivity contribution in [3.8, 4) is 0 Å². The van der Waals surface area contributed by atoms with Crippen molar-refractivity contribution < 1.29 is 22.7 Å². The van der Waals surface area contributed by atoms with Crippen LogP contribution in [0.2, 0.25) is 0 Å². The number of carbonyl (C=O) groups excluding carboxylic acids is 1. The molecule has 1 unspecified atom stereocenters. The second kappa shape index (κ2) is 5.36. The molecule has 0 rings (SSSR count). The highest BCUT2D eigenvalue weighted by Crippen LogP contribution is 2.29. The van der Waals surface area contributed by atoms with E-state index in [4.69, 9.17) is 0 Å². The van der Waals surface area contributed by atoms with Crippen LogP contribution in [0.4, 0.5) is 13.2 Å². The highest BCUT2D eigenvalue weighted by molar-refractivity contribution is 7.99. The number of hydrogen-bond donors (Lipinski definition) is 0. The van der Waals surface area contributed by atoms with Crippen LogP contribution >= 0.6 is 11.8 Å². The van der Waals surface area contributed by atoms with E-state index in [9.17, 15) is 18.0 Å². The molecule has 0 aromatic heterocycles. The third-order valence-electron chi connectivity index (χ3n) is 1.36. The van der Waals surface area contributed by atoms with Crippen LogP contribution in [0.25, 0.3) is 0 Å². The van der Waals surface area contributed by atoms with Crippen molar-refractivity contribution in [1.82, 2.24) is 0 Å². The lowest BCUT2D eigenvalue weighted by Gasteiger charge is -2.14. The van der Waals surface area contributed by atoms with Crippen LogP contribution in [0.15, 0.2) is 0 Å². The highest BCUT2D eigenvalue weighted by Gasteiger charge is 2.36. The second-order valence-corrected chi connectivity index (χ2v) is 3.83. The molecule has 0 aliphatic heterocycles. The molecular weight excluding hydrogens is 205 g/mol. The molecule has 0 spiro atoms. The van der Waals surface area contributed by atoms with Gasteiger partial charge in [-0.15, -0.1) is 11.8 Å². The smallest absolute Gasteiger partial charge is 0.400 e. The number of alkyl halides is 3. The van der Waals surface area contributed by atoms with E-state index in [1.165, 1.54) is 7.11 Å². The minimum atomic E-state index is -4.19. The van der Waals surface area contributed by atoms with Crippen molar-refractivity contribution in [1.29, 1.82) is 0 Å². The van der Waals surface area contributed by atoms with Gasteiger partial charge >= 0.3 is 12.1 Å². The van der Waals surface area contributed by atoms with Crippen molar-refractivity contribution in [2.24, 2.45) is 0 Å². The van der Waals surface area contributed by atoms with Crippen LogP contribution in [-0.2, 0) is 9.53 Å². The van der Waals surface area contributed by atoms with Crippen molar-refractivity contribution in [3.63, 3.8) is 0 Å². The standard InChI is InChI=1S/C7H11F3O2S/c1-5(7(8,9)10)13-4-3-6(11)12-2/h5H,3-4H2,1-2H3. The Morgan fingerprint density at radius 1 is 1.54 bits per heavy atom. The maximum atomic E-state index is 11.9. The van der Waals surface area contributed by atoms with Gasteiger partial charge in [-0.2, -0.15) is 13.2 Å². The number of carbonyl (C=O) groups is 1. The molecule has 0 bridgehead atoms. The summed E-state index contributed by atoms with van der Waals surface area (Å²) in [6.45, 7) is 1.07. The fraction of sp³-hybridized carbons (Fsp3) is 0.857. The molecule has 0 amide bonds. The van der Waals surface area contributed by atoms with Gasteiger partial charge in [0.05, 0.1) is 18.8 Å². The van der Waals surface area contributed by atoms with Crippen LogP contribution in [0.5, 0.6) is 0 Å². The predicted molar refractivity (Wildman–Crippen MR) is 44.6 cm³/mol. The molecule has 0 heterocycles. The lowest BCUT2D eigenvalue weighted by atomic mass is 10.5. The molecule has 0 aromatic carbocycles. The van der Waals surface area contributed by atoms with Gasteiger partial charge in [0.1, 0.15) is 0 Å². The van der Waals surface area contributed by atoms with Gasteiger partial charge in [0.15, 0.2) is 0 Å². The SMILES string of the molecule is COC(=O)CCSC(C)C(F)(F)F. The Balaban J connectivity index is 3.60. The van der Waals surface area contributed by atoms with Gasteiger partial charge in [-0.3, -0.25) is 4.79 Å². The molecular formula is C7H11F3O2S. The van der Waals surface area contributed by atoms with E-state index >= 15 is 0 Å². The Morgan fingerprint density at radius 3 is 2.46 bits per heavy atom. The summed E-state index contributed by atoms with van der Waals surface area (Å²) in [4.78, 5) is 10.5. The van der Waals surface area contributed by atoms with E-state index < -0.39 is 17.4 Å². The fourth-order valence-corrected chi connectivity index (χ4v) is 1.34. The van der Waals surface area contributed by atoms with Crippen LogP contribution in [0, 0.1) is 0 Å². The second-order valence-electron chi connectivity index (χ2n) is 2.38. The highest BCUT2D eigenvalue weighted by atomic mass is 32.2. The third kappa shape index (κ3) is 5.79. The van der Waals surface area contributed by atoms with E-state index in [2.05, 4.69) is 4.74 Å². The Kier molecular flexibility index (Phi) is 5.20. The maximum Gasteiger partial charge on any atom is 0.400 e. The fourth-order valence-electron chi connectivity index (χ4n) is 0.516. The summed E-state index contributed by atoms with van der Waals surface area (Å²) in [6.07, 6.45) is -4.18. The molecule has 0 N–H and O–H groups in total. The zero-order valence-electron chi connectivity index (χ0n) is 7.35. The number of rotatable bonds is 4. The van der Waals surface area contributed by atoms with Gasteiger partial charge in [-0.25, -0.2) is 0 Å². The quantitative estimate of drug-likeness (QED) is 0.674. The molecule has 13 heavy (non-hydrogen) atoms. The largest absolute Gasteiger partial charge is 0.469 e. The van der Waals surface area contributed by atoms with Crippen molar-refractivity contribution in [2.45, 2.75) is 24.8 Å². The molecule has 1 atom stereocenters. The van der Waals surface area contributed by atoms with Crippen LogP contribution in [0.3, 0.4) is 0 Å². The first kappa shape index (κ1) is 12.6.